The number of fused-ring (bicyclic) bond motifs is 1. The van der Waals surface area contributed by atoms with Crippen LogP contribution < -0.4 is 5.32 Å². The van der Waals surface area contributed by atoms with Gasteiger partial charge in [0.15, 0.2) is 5.82 Å². The van der Waals surface area contributed by atoms with Crippen LogP contribution in [0.25, 0.3) is 33.9 Å². The quantitative estimate of drug-likeness (QED) is 0.276. The summed E-state index contributed by atoms with van der Waals surface area (Å²) in [6, 6.07) is 22.4. The first-order valence-corrected chi connectivity index (χ1v) is 13.7. The number of nitrogens with one attached hydrogen (secondary N) is 1. The van der Waals surface area contributed by atoms with Crippen LogP contribution in [-0.4, -0.2) is 37.0 Å². The first-order valence-electron chi connectivity index (χ1n) is 13.7. The van der Waals surface area contributed by atoms with E-state index in [9.17, 15) is 4.79 Å². The highest BCUT2D eigenvalue weighted by Crippen LogP contribution is 2.33. The summed E-state index contributed by atoms with van der Waals surface area (Å²) in [5.74, 6) is 0.660. The van der Waals surface area contributed by atoms with E-state index in [1.54, 1.807) is 12.4 Å². The largest absolute Gasteiger partial charge is 0.351 e. The molecule has 0 fully saturated rings. The maximum absolute atomic E-state index is 13.6. The van der Waals surface area contributed by atoms with Gasteiger partial charge in [-0.15, -0.1) is 0 Å². The number of hydrogen-bond acceptors (Lipinski definition) is 4. The van der Waals surface area contributed by atoms with Gasteiger partial charge in [0.05, 0.1) is 17.9 Å². The van der Waals surface area contributed by atoms with Gasteiger partial charge in [-0.05, 0) is 66.9 Å². The number of urea groups is 1. The summed E-state index contributed by atoms with van der Waals surface area (Å²) >= 11 is 0. The molecule has 5 aromatic rings. The maximum atomic E-state index is 13.6. The molecule has 40 heavy (non-hydrogen) atoms. The van der Waals surface area contributed by atoms with Gasteiger partial charge in [0.1, 0.15) is 0 Å². The molecule has 0 aliphatic carbocycles. The predicted molar refractivity (Wildman–Crippen MR) is 159 cm³/mol. The zero-order valence-corrected chi connectivity index (χ0v) is 23.1. The Kier molecular flexibility index (Phi) is 6.86. The van der Waals surface area contributed by atoms with Crippen molar-refractivity contribution in [1.29, 1.82) is 0 Å². The normalized spacial score (nSPS) is 12.7. The third-order valence-corrected chi connectivity index (χ3v) is 7.56. The Hall–Kier alpha value is -4.78. The predicted octanol–water partition coefficient (Wildman–Crippen LogP) is 6.67. The number of hydrogen-bond donors (Lipinski definition) is 1. The summed E-state index contributed by atoms with van der Waals surface area (Å²) in [5.41, 5.74) is 10.1. The Morgan fingerprint density at radius 3 is 2.62 bits per heavy atom. The summed E-state index contributed by atoms with van der Waals surface area (Å²) in [6.45, 7) is 5.24. The number of carbonyl (C=O) groups is 1. The lowest BCUT2D eigenvalue weighted by atomic mass is 9.96. The third-order valence-electron chi connectivity index (χ3n) is 7.56. The van der Waals surface area contributed by atoms with E-state index in [2.05, 4.69) is 59.0 Å². The minimum atomic E-state index is -0.121. The number of carbonyl (C=O) groups excluding carboxylic acids is 1. The highest BCUT2D eigenvalue weighted by molar-refractivity contribution is 5.90. The second kappa shape index (κ2) is 10.8. The molecule has 0 spiro atoms. The van der Waals surface area contributed by atoms with Crippen LogP contribution in [0.15, 0.2) is 85.3 Å². The Morgan fingerprint density at radius 1 is 1.00 bits per heavy atom. The monoisotopic (exact) mass is 528 g/mol. The van der Waals surface area contributed by atoms with Crippen LogP contribution in [-0.2, 0) is 26.4 Å². The first kappa shape index (κ1) is 25.5. The molecule has 1 aliphatic heterocycles. The molecule has 2 amide bonds. The van der Waals surface area contributed by atoms with Gasteiger partial charge in [-0.3, -0.25) is 4.98 Å². The van der Waals surface area contributed by atoms with E-state index in [0.29, 0.717) is 25.3 Å². The first-order chi connectivity index (χ1) is 19.5. The van der Waals surface area contributed by atoms with Gasteiger partial charge < -0.3 is 14.8 Å². The molecule has 0 atom stereocenters. The van der Waals surface area contributed by atoms with Gasteiger partial charge in [0.25, 0.3) is 0 Å². The van der Waals surface area contributed by atoms with Crippen molar-refractivity contribution in [3.05, 3.63) is 108 Å². The van der Waals surface area contributed by atoms with E-state index in [1.807, 2.05) is 54.5 Å². The summed E-state index contributed by atoms with van der Waals surface area (Å²) in [7, 11) is 2.03. The molecule has 4 heterocycles. The fourth-order valence-corrected chi connectivity index (χ4v) is 5.35. The van der Waals surface area contributed by atoms with Crippen molar-refractivity contribution in [2.45, 2.75) is 33.2 Å². The van der Waals surface area contributed by atoms with E-state index < -0.39 is 0 Å². The Balaban J connectivity index is 1.33. The standard InChI is InChI=1S/C33H32N6O/c1-4-23-17-25(30-12-8-15-38(30)3)19-26(18-23)35-33(40)39-16-13-29-28(21-39)31(27-11-6-5-9-22(27)2)37-32(36-29)24-10-7-14-34-20-24/h5-12,14-15,17-20H,4,13,16,21H2,1-3H3,(H,35,40). The molecule has 6 rings (SSSR count). The van der Waals surface area contributed by atoms with Crippen LogP contribution in [0.2, 0.25) is 0 Å². The minimum Gasteiger partial charge on any atom is -0.351 e. The molecular formula is C33H32N6O. The van der Waals surface area contributed by atoms with Crippen LogP contribution in [0.4, 0.5) is 10.5 Å². The summed E-state index contributed by atoms with van der Waals surface area (Å²) in [4.78, 5) is 29.7. The van der Waals surface area contributed by atoms with Crippen molar-refractivity contribution in [3.63, 3.8) is 0 Å². The van der Waals surface area contributed by atoms with Gasteiger partial charge >= 0.3 is 6.03 Å². The van der Waals surface area contributed by atoms with Gasteiger partial charge in [0, 0.05) is 72.2 Å². The lowest BCUT2D eigenvalue weighted by Gasteiger charge is -2.30. The van der Waals surface area contributed by atoms with Crippen LogP contribution in [0.5, 0.6) is 0 Å². The van der Waals surface area contributed by atoms with E-state index in [-0.39, 0.29) is 6.03 Å². The lowest BCUT2D eigenvalue weighted by Crippen LogP contribution is -2.39. The van der Waals surface area contributed by atoms with Gasteiger partial charge in [-0.2, -0.15) is 0 Å². The van der Waals surface area contributed by atoms with E-state index >= 15 is 0 Å². The summed E-state index contributed by atoms with van der Waals surface area (Å²) < 4.78 is 2.09. The summed E-state index contributed by atoms with van der Waals surface area (Å²) in [6.07, 6.45) is 7.11. The van der Waals surface area contributed by atoms with Crippen LogP contribution >= 0.6 is 0 Å². The molecule has 0 bridgehead atoms. The zero-order chi connectivity index (χ0) is 27.6. The second-order valence-electron chi connectivity index (χ2n) is 10.3. The number of amides is 2. The highest BCUT2D eigenvalue weighted by Gasteiger charge is 2.27. The summed E-state index contributed by atoms with van der Waals surface area (Å²) in [5, 5.41) is 3.18. The number of aryl methyl sites for hydroxylation is 3. The molecule has 0 saturated carbocycles. The van der Waals surface area contributed by atoms with Crippen molar-refractivity contribution < 1.29 is 4.79 Å². The number of rotatable bonds is 5. The SMILES string of the molecule is CCc1cc(NC(=O)N2CCc3nc(-c4cccnc4)nc(-c4ccccc4C)c3C2)cc(-c2cccn2C)c1. The molecule has 200 valence electrons. The van der Waals surface area contributed by atoms with E-state index in [4.69, 9.17) is 9.97 Å². The van der Waals surface area contributed by atoms with Gasteiger partial charge in [-0.1, -0.05) is 31.2 Å². The van der Waals surface area contributed by atoms with E-state index in [1.165, 1.54) is 5.56 Å². The molecule has 0 unspecified atom stereocenters. The van der Waals surface area contributed by atoms with Crippen LogP contribution in [0, 0.1) is 6.92 Å². The lowest BCUT2D eigenvalue weighted by molar-refractivity contribution is 0.206. The molecule has 0 saturated heterocycles. The average molecular weight is 529 g/mol. The number of anilines is 1. The zero-order valence-electron chi connectivity index (χ0n) is 23.1. The number of nitrogens with zero attached hydrogens (tertiary/aromatic N) is 5. The fourth-order valence-electron chi connectivity index (χ4n) is 5.35. The van der Waals surface area contributed by atoms with Crippen LogP contribution in [0.1, 0.15) is 29.3 Å². The smallest absolute Gasteiger partial charge is 0.322 e. The molecule has 7 nitrogen and oxygen atoms in total. The van der Waals surface area contributed by atoms with Crippen molar-refractivity contribution in [1.82, 2.24) is 24.4 Å². The number of aromatic nitrogens is 4. The molecule has 3 aromatic heterocycles. The Labute approximate surface area is 234 Å². The third kappa shape index (κ3) is 4.98. The number of benzene rings is 2. The van der Waals surface area contributed by atoms with Gasteiger partial charge in [-0.25, -0.2) is 14.8 Å². The van der Waals surface area contributed by atoms with Crippen LogP contribution in [0.3, 0.4) is 0 Å². The Bertz CT molecular complexity index is 1690. The van der Waals surface area contributed by atoms with Crippen molar-refractivity contribution in [2.24, 2.45) is 7.05 Å². The fraction of sp³-hybridized carbons (Fsp3) is 0.212. The maximum Gasteiger partial charge on any atom is 0.322 e. The molecule has 7 heteroatoms. The molecule has 2 aromatic carbocycles. The molecule has 1 aliphatic rings. The van der Waals surface area contributed by atoms with Crippen molar-refractivity contribution >= 4 is 11.7 Å². The molecular weight excluding hydrogens is 496 g/mol. The average Bonchev–Trinajstić information content (AvgIpc) is 3.42. The molecule has 1 N–H and O–H groups in total. The minimum absolute atomic E-state index is 0.121. The van der Waals surface area contributed by atoms with E-state index in [0.717, 1.165) is 57.0 Å². The van der Waals surface area contributed by atoms with Gasteiger partial charge in [0.2, 0.25) is 0 Å². The highest BCUT2D eigenvalue weighted by atomic mass is 16.2. The Morgan fingerprint density at radius 2 is 1.88 bits per heavy atom. The number of pyridine rings is 1. The topological polar surface area (TPSA) is 75.9 Å². The second-order valence-corrected chi connectivity index (χ2v) is 10.3. The van der Waals surface area contributed by atoms with Crippen molar-refractivity contribution in [2.75, 3.05) is 11.9 Å². The molecule has 0 radical (unpaired) electrons. The van der Waals surface area contributed by atoms with Crippen molar-refractivity contribution in [3.8, 4) is 33.9 Å².